The molecule has 0 aliphatic carbocycles. The maximum absolute atomic E-state index is 3.77. The molecule has 14 heavy (non-hydrogen) atoms. The summed E-state index contributed by atoms with van der Waals surface area (Å²) in [5.74, 6) is 0.836. The fourth-order valence-electron chi connectivity index (χ4n) is 1.73. The van der Waals surface area contributed by atoms with Gasteiger partial charge in [-0.2, -0.15) is 0 Å². The normalized spacial score (nSPS) is 17.4. The third-order valence-corrected chi connectivity index (χ3v) is 2.92. The minimum Gasteiger partial charge on any atom is -0.311 e. The Kier molecular flexibility index (Phi) is 7.87. The van der Waals surface area contributed by atoms with Gasteiger partial charge in [0.25, 0.3) is 0 Å². The second-order valence-corrected chi connectivity index (χ2v) is 4.45. The van der Waals surface area contributed by atoms with E-state index in [-0.39, 0.29) is 0 Å². The highest BCUT2D eigenvalue weighted by molar-refractivity contribution is 4.78. The SMILES string of the molecule is C=CCC(C)NC(CC)CC(C)CC. The van der Waals surface area contributed by atoms with Crippen molar-refractivity contribution in [1.82, 2.24) is 5.32 Å². The van der Waals surface area contributed by atoms with Crippen molar-refractivity contribution >= 4 is 0 Å². The molecule has 0 aliphatic heterocycles. The van der Waals surface area contributed by atoms with Crippen molar-refractivity contribution in [2.75, 3.05) is 0 Å². The molecule has 84 valence electrons. The molecular weight excluding hydrogens is 170 g/mol. The Labute approximate surface area is 90.0 Å². The minimum atomic E-state index is 0.571. The summed E-state index contributed by atoms with van der Waals surface area (Å²) in [5.41, 5.74) is 0. The molecule has 1 nitrogen and oxygen atoms in total. The summed E-state index contributed by atoms with van der Waals surface area (Å²) in [6.45, 7) is 12.9. The molecule has 0 aromatic heterocycles. The van der Waals surface area contributed by atoms with Crippen molar-refractivity contribution in [3.05, 3.63) is 12.7 Å². The summed E-state index contributed by atoms with van der Waals surface area (Å²) in [7, 11) is 0. The average molecular weight is 197 g/mol. The van der Waals surface area contributed by atoms with E-state index in [1.165, 1.54) is 19.3 Å². The van der Waals surface area contributed by atoms with E-state index in [4.69, 9.17) is 0 Å². The molecule has 1 N–H and O–H groups in total. The Bertz CT molecular complexity index is 142. The lowest BCUT2D eigenvalue weighted by atomic mass is 9.97. The maximum Gasteiger partial charge on any atom is 0.00757 e. The summed E-state index contributed by atoms with van der Waals surface area (Å²) in [6, 6.07) is 1.25. The topological polar surface area (TPSA) is 12.0 Å². The molecule has 0 heterocycles. The molecule has 0 rings (SSSR count). The number of hydrogen-bond donors (Lipinski definition) is 1. The minimum absolute atomic E-state index is 0.571. The standard InChI is InChI=1S/C13H27N/c1-6-9-12(5)14-13(8-3)10-11(4)7-2/h6,11-14H,1,7-10H2,2-5H3. The van der Waals surface area contributed by atoms with Gasteiger partial charge in [-0.1, -0.05) is 33.3 Å². The quantitative estimate of drug-likeness (QED) is 0.584. The third kappa shape index (κ3) is 6.20. The van der Waals surface area contributed by atoms with Gasteiger partial charge in [-0.25, -0.2) is 0 Å². The van der Waals surface area contributed by atoms with Crippen LogP contribution in [0, 0.1) is 5.92 Å². The van der Waals surface area contributed by atoms with Crippen LogP contribution < -0.4 is 5.32 Å². The molecule has 0 saturated heterocycles. The number of hydrogen-bond acceptors (Lipinski definition) is 1. The molecule has 0 aliphatic rings. The van der Waals surface area contributed by atoms with Gasteiger partial charge in [0.05, 0.1) is 0 Å². The molecule has 1 heteroatoms. The van der Waals surface area contributed by atoms with Crippen LogP contribution in [0.1, 0.15) is 53.4 Å². The van der Waals surface area contributed by atoms with E-state index in [1.54, 1.807) is 0 Å². The van der Waals surface area contributed by atoms with Crippen molar-refractivity contribution in [2.24, 2.45) is 5.92 Å². The fourth-order valence-corrected chi connectivity index (χ4v) is 1.73. The maximum atomic E-state index is 3.77. The largest absolute Gasteiger partial charge is 0.311 e. The highest BCUT2D eigenvalue weighted by Gasteiger charge is 2.11. The summed E-state index contributed by atoms with van der Waals surface area (Å²) in [5, 5.41) is 3.66. The first-order valence-corrected chi connectivity index (χ1v) is 6.00. The summed E-state index contributed by atoms with van der Waals surface area (Å²) in [4.78, 5) is 0. The van der Waals surface area contributed by atoms with Crippen molar-refractivity contribution in [3.63, 3.8) is 0 Å². The smallest absolute Gasteiger partial charge is 0.00757 e. The van der Waals surface area contributed by atoms with Crippen molar-refractivity contribution in [3.8, 4) is 0 Å². The lowest BCUT2D eigenvalue weighted by Gasteiger charge is -2.24. The lowest BCUT2D eigenvalue weighted by molar-refractivity contribution is 0.356. The average Bonchev–Trinajstić information content (AvgIpc) is 2.16. The van der Waals surface area contributed by atoms with Crippen LogP contribution in [-0.2, 0) is 0 Å². The second-order valence-electron chi connectivity index (χ2n) is 4.45. The first-order valence-electron chi connectivity index (χ1n) is 6.00. The van der Waals surface area contributed by atoms with E-state index in [0.29, 0.717) is 12.1 Å². The van der Waals surface area contributed by atoms with E-state index in [9.17, 15) is 0 Å². The van der Waals surface area contributed by atoms with Gasteiger partial charge in [-0.3, -0.25) is 0 Å². The molecule has 3 atom stereocenters. The van der Waals surface area contributed by atoms with Gasteiger partial charge < -0.3 is 5.32 Å². The van der Waals surface area contributed by atoms with Crippen LogP contribution in [-0.4, -0.2) is 12.1 Å². The second kappa shape index (κ2) is 8.05. The van der Waals surface area contributed by atoms with Crippen LogP contribution in [0.25, 0.3) is 0 Å². The third-order valence-electron chi connectivity index (χ3n) is 2.92. The van der Waals surface area contributed by atoms with Gasteiger partial charge in [0.15, 0.2) is 0 Å². The zero-order valence-electron chi connectivity index (χ0n) is 10.3. The monoisotopic (exact) mass is 197 g/mol. The van der Waals surface area contributed by atoms with E-state index < -0.39 is 0 Å². The molecule has 0 saturated carbocycles. The van der Waals surface area contributed by atoms with Gasteiger partial charge in [0.1, 0.15) is 0 Å². The number of rotatable bonds is 8. The van der Waals surface area contributed by atoms with E-state index in [0.717, 1.165) is 12.3 Å². The fraction of sp³-hybridized carbons (Fsp3) is 0.846. The zero-order valence-corrected chi connectivity index (χ0v) is 10.3. The molecule has 0 bridgehead atoms. The van der Waals surface area contributed by atoms with Crippen molar-refractivity contribution in [2.45, 2.75) is 65.5 Å². The van der Waals surface area contributed by atoms with Gasteiger partial charge in [0, 0.05) is 12.1 Å². The first-order chi connectivity index (χ1) is 6.63. The van der Waals surface area contributed by atoms with Crippen LogP contribution >= 0.6 is 0 Å². The van der Waals surface area contributed by atoms with E-state index in [2.05, 4.69) is 39.6 Å². The summed E-state index contributed by atoms with van der Waals surface area (Å²) >= 11 is 0. The van der Waals surface area contributed by atoms with Crippen molar-refractivity contribution in [1.29, 1.82) is 0 Å². The van der Waals surface area contributed by atoms with E-state index in [1.807, 2.05) is 6.08 Å². The molecule has 0 spiro atoms. The Balaban J connectivity index is 3.82. The van der Waals surface area contributed by atoms with E-state index >= 15 is 0 Å². The van der Waals surface area contributed by atoms with Crippen molar-refractivity contribution < 1.29 is 0 Å². The molecule has 3 unspecified atom stereocenters. The van der Waals surface area contributed by atoms with Crippen LogP contribution in [0.5, 0.6) is 0 Å². The molecule has 0 radical (unpaired) electrons. The Morgan fingerprint density at radius 3 is 2.29 bits per heavy atom. The van der Waals surface area contributed by atoms with Gasteiger partial charge in [-0.15, -0.1) is 6.58 Å². The Morgan fingerprint density at radius 1 is 1.21 bits per heavy atom. The predicted molar refractivity (Wildman–Crippen MR) is 65.6 cm³/mol. The molecule has 0 amide bonds. The van der Waals surface area contributed by atoms with Crippen LogP contribution in [0.3, 0.4) is 0 Å². The van der Waals surface area contributed by atoms with Gasteiger partial charge in [0.2, 0.25) is 0 Å². The first kappa shape index (κ1) is 13.7. The predicted octanol–water partition coefficient (Wildman–Crippen LogP) is 3.76. The van der Waals surface area contributed by atoms with Crippen LogP contribution in [0.4, 0.5) is 0 Å². The zero-order chi connectivity index (χ0) is 11.0. The van der Waals surface area contributed by atoms with Crippen LogP contribution in [0.2, 0.25) is 0 Å². The lowest BCUT2D eigenvalue weighted by Crippen LogP contribution is -2.36. The molecular formula is C13H27N. The van der Waals surface area contributed by atoms with Crippen LogP contribution in [0.15, 0.2) is 12.7 Å². The molecule has 0 aromatic carbocycles. The highest BCUT2D eigenvalue weighted by Crippen LogP contribution is 2.12. The molecule has 0 aromatic rings. The number of nitrogens with one attached hydrogen (secondary N) is 1. The highest BCUT2D eigenvalue weighted by atomic mass is 14.9. The summed E-state index contributed by atoms with van der Waals surface area (Å²) < 4.78 is 0. The molecule has 0 fully saturated rings. The Morgan fingerprint density at radius 2 is 1.86 bits per heavy atom. The van der Waals surface area contributed by atoms with Gasteiger partial charge in [-0.05, 0) is 32.1 Å². The Hall–Kier alpha value is -0.300. The summed E-state index contributed by atoms with van der Waals surface area (Å²) in [6.07, 6.45) is 6.87. The van der Waals surface area contributed by atoms with Gasteiger partial charge >= 0.3 is 0 Å².